The number of nitro benzene ring substituents is 1. The van der Waals surface area contributed by atoms with Gasteiger partial charge in [0.25, 0.3) is 5.69 Å². The number of nitrogens with one attached hydrogen (secondary N) is 1. The van der Waals surface area contributed by atoms with Crippen LogP contribution in [-0.4, -0.2) is 28.3 Å². The van der Waals surface area contributed by atoms with Crippen molar-refractivity contribution in [3.8, 4) is 0 Å². The van der Waals surface area contributed by atoms with Crippen molar-refractivity contribution >= 4 is 23.0 Å². The number of benzene rings is 2. The highest BCUT2D eigenvalue weighted by Crippen LogP contribution is 2.29. The lowest BCUT2D eigenvalue weighted by molar-refractivity contribution is -0.384. The molecule has 1 amide bonds. The summed E-state index contributed by atoms with van der Waals surface area (Å²) in [5, 5.41) is 14.1. The minimum absolute atomic E-state index is 0.126. The van der Waals surface area contributed by atoms with Gasteiger partial charge in [-0.15, -0.1) is 0 Å². The molecule has 0 aromatic heterocycles. The van der Waals surface area contributed by atoms with Crippen LogP contribution >= 0.6 is 0 Å². The molecule has 2 aromatic rings. The second-order valence-corrected chi connectivity index (χ2v) is 5.91. The Balaban J connectivity index is 1.71. The summed E-state index contributed by atoms with van der Waals surface area (Å²) in [4.78, 5) is 24.8. The highest BCUT2D eigenvalue weighted by atomic mass is 19.1. The van der Waals surface area contributed by atoms with Crippen molar-refractivity contribution in [2.45, 2.75) is 19.0 Å². The number of rotatable bonds is 5. The van der Waals surface area contributed by atoms with E-state index in [1.165, 1.54) is 30.3 Å². The molecule has 0 saturated carbocycles. The largest absolute Gasteiger partial charge is 0.399 e. The quantitative estimate of drug-likeness (QED) is 0.493. The zero-order valence-electron chi connectivity index (χ0n) is 13.3. The molecule has 1 heterocycles. The summed E-state index contributed by atoms with van der Waals surface area (Å²) in [5.74, 6) is -0.480. The van der Waals surface area contributed by atoms with E-state index in [9.17, 15) is 19.3 Å². The number of nitro groups is 1. The smallest absolute Gasteiger partial charge is 0.292 e. The van der Waals surface area contributed by atoms with Gasteiger partial charge in [0.15, 0.2) is 0 Å². The fraction of sp³-hybridized carbons (Fsp3) is 0.235. The Kier molecular flexibility index (Phi) is 4.51. The van der Waals surface area contributed by atoms with Gasteiger partial charge in [0.05, 0.1) is 4.92 Å². The summed E-state index contributed by atoms with van der Waals surface area (Å²) in [5.41, 5.74) is 6.99. The molecular formula is C17H17FN4O3. The van der Waals surface area contributed by atoms with E-state index in [1.54, 1.807) is 17.0 Å². The van der Waals surface area contributed by atoms with Crippen LogP contribution in [0.15, 0.2) is 42.5 Å². The van der Waals surface area contributed by atoms with Crippen LogP contribution in [0, 0.1) is 15.9 Å². The molecule has 1 aliphatic rings. The SMILES string of the molecule is Nc1ccc([N+](=O)[O-])c(NC2CCN(Cc3ccc(F)cc3)C2=O)c1. The fourth-order valence-electron chi connectivity index (χ4n) is 2.86. The Morgan fingerprint density at radius 3 is 2.68 bits per heavy atom. The Morgan fingerprint density at radius 2 is 2.00 bits per heavy atom. The molecule has 3 rings (SSSR count). The number of likely N-dealkylation sites (tertiary alicyclic amines) is 1. The Hall–Kier alpha value is -3.16. The summed E-state index contributed by atoms with van der Waals surface area (Å²) in [6.45, 7) is 0.889. The summed E-state index contributed by atoms with van der Waals surface area (Å²) >= 11 is 0. The Labute approximate surface area is 143 Å². The molecule has 1 unspecified atom stereocenters. The van der Waals surface area contributed by atoms with Crippen molar-refractivity contribution in [1.82, 2.24) is 4.90 Å². The zero-order chi connectivity index (χ0) is 18.0. The molecule has 2 aromatic carbocycles. The molecule has 0 bridgehead atoms. The van der Waals surface area contributed by atoms with E-state index >= 15 is 0 Å². The number of nitrogen functional groups attached to an aromatic ring is 1. The van der Waals surface area contributed by atoms with Crippen LogP contribution in [0.1, 0.15) is 12.0 Å². The van der Waals surface area contributed by atoms with Crippen LogP contribution in [0.25, 0.3) is 0 Å². The molecule has 1 fully saturated rings. The number of halogens is 1. The molecule has 25 heavy (non-hydrogen) atoms. The topological polar surface area (TPSA) is 102 Å². The van der Waals surface area contributed by atoms with Crippen molar-refractivity contribution in [3.05, 3.63) is 64.0 Å². The number of hydrogen-bond acceptors (Lipinski definition) is 5. The summed E-state index contributed by atoms with van der Waals surface area (Å²) in [7, 11) is 0. The molecule has 7 nitrogen and oxygen atoms in total. The maximum atomic E-state index is 13.0. The lowest BCUT2D eigenvalue weighted by Crippen LogP contribution is -2.33. The molecular weight excluding hydrogens is 327 g/mol. The molecule has 130 valence electrons. The third-order valence-corrected chi connectivity index (χ3v) is 4.13. The molecule has 1 atom stereocenters. The van der Waals surface area contributed by atoms with Gasteiger partial charge in [0, 0.05) is 24.8 Å². The van der Waals surface area contributed by atoms with E-state index in [0.29, 0.717) is 25.2 Å². The molecule has 1 saturated heterocycles. The standard InChI is InChI=1S/C17H17FN4O3/c18-12-3-1-11(2-4-12)10-21-8-7-14(17(21)23)20-15-9-13(19)5-6-16(15)22(24)25/h1-6,9,14,20H,7-8,10,19H2. The third kappa shape index (κ3) is 3.68. The lowest BCUT2D eigenvalue weighted by Gasteiger charge is -2.18. The maximum absolute atomic E-state index is 13.0. The van der Waals surface area contributed by atoms with Crippen molar-refractivity contribution in [2.24, 2.45) is 0 Å². The number of nitrogens with two attached hydrogens (primary N) is 1. The van der Waals surface area contributed by atoms with E-state index in [-0.39, 0.29) is 23.1 Å². The van der Waals surface area contributed by atoms with Crippen LogP contribution in [0.4, 0.5) is 21.5 Å². The zero-order valence-corrected chi connectivity index (χ0v) is 13.3. The van der Waals surface area contributed by atoms with E-state index in [1.807, 2.05) is 0 Å². The molecule has 1 aliphatic heterocycles. The first kappa shape index (κ1) is 16.7. The minimum atomic E-state index is -0.555. The van der Waals surface area contributed by atoms with Gasteiger partial charge >= 0.3 is 0 Å². The predicted octanol–water partition coefficient (Wildman–Crippen LogP) is 2.53. The fourth-order valence-corrected chi connectivity index (χ4v) is 2.86. The van der Waals surface area contributed by atoms with Crippen LogP contribution in [0.2, 0.25) is 0 Å². The average molecular weight is 344 g/mol. The van der Waals surface area contributed by atoms with Gasteiger partial charge in [0.1, 0.15) is 17.5 Å². The van der Waals surface area contributed by atoms with Gasteiger partial charge in [-0.3, -0.25) is 14.9 Å². The summed E-state index contributed by atoms with van der Waals surface area (Å²) in [6.07, 6.45) is 0.520. The minimum Gasteiger partial charge on any atom is -0.399 e. The average Bonchev–Trinajstić information content (AvgIpc) is 2.90. The van der Waals surface area contributed by atoms with Gasteiger partial charge in [-0.05, 0) is 36.2 Å². The van der Waals surface area contributed by atoms with Gasteiger partial charge in [-0.1, -0.05) is 12.1 Å². The lowest BCUT2D eigenvalue weighted by atomic mass is 10.2. The number of nitrogens with zero attached hydrogens (tertiary/aromatic N) is 2. The molecule has 3 N–H and O–H groups in total. The Morgan fingerprint density at radius 1 is 1.28 bits per heavy atom. The number of carbonyl (C=O) groups excluding carboxylic acids is 1. The highest BCUT2D eigenvalue weighted by Gasteiger charge is 2.32. The van der Waals surface area contributed by atoms with E-state index in [2.05, 4.69) is 5.32 Å². The second-order valence-electron chi connectivity index (χ2n) is 5.91. The van der Waals surface area contributed by atoms with Gasteiger partial charge < -0.3 is 16.0 Å². The molecule has 8 heteroatoms. The van der Waals surface area contributed by atoms with E-state index in [0.717, 1.165) is 5.56 Å². The highest BCUT2D eigenvalue weighted by molar-refractivity contribution is 5.87. The van der Waals surface area contributed by atoms with Gasteiger partial charge in [-0.2, -0.15) is 0 Å². The van der Waals surface area contributed by atoms with Crippen molar-refractivity contribution < 1.29 is 14.1 Å². The first-order valence-corrected chi connectivity index (χ1v) is 7.78. The molecule has 0 aliphatic carbocycles. The number of hydrogen-bond donors (Lipinski definition) is 2. The van der Waals surface area contributed by atoms with Gasteiger partial charge in [-0.25, -0.2) is 4.39 Å². The van der Waals surface area contributed by atoms with Crippen LogP contribution in [0.3, 0.4) is 0 Å². The molecule has 0 spiro atoms. The first-order valence-electron chi connectivity index (χ1n) is 7.78. The first-order chi connectivity index (χ1) is 11.9. The van der Waals surface area contributed by atoms with Crippen molar-refractivity contribution in [3.63, 3.8) is 0 Å². The van der Waals surface area contributed by atoms with Gasteiger partial charge in [0.2, 0.25) is 5.91 Å². The summed E-state index contributed by atoms with van der Waals surface area (Å²) in [6, 6.07) is 9.62. The molecule has 0 radical (unpaired) electrons. The van der Waals surface area contributed by atoms with Crippen LogP contribution < -0.4 is 11.1 Å². The monoisotopic (exact) mass is 344 g/mol. The van der Waals surface area contributed by atoms with Crippen LogP contribution in [-0.2, 0) is 11.3 Å². The Bertz CT molecular complexity index is 810. The summed E-state index contributed by atoms with van der Waals surface area (Å²) < 4.78 is 13.0. The van der Waals surface area contributed by atoms with Crippen LogP contribution in [0.5, 0.6) is 0 Å². The number of carbonyl (C=O) groups is 1. The normalized spacial score (nSPS) is 16.9. The maximum Gasteiger partial charge on any atom is 0.292 e. The second kappa shape index (κ2) is 6.76. The third-order valence-electron chi connectivity index (χ3n) is 4.13. The number of anilines is 2. The number of amides is 1. The van der Waals surface area contributed by atoms with E-state index < -0.39 is 11.0 Å². The van der Waals surface area contributed by atoms with Crippen molar-refractivity contribution in [2.75, 3.05) is 17.6 Å². The predicted molar refractivity (Wildman–Crippen MR) is 91.4 cm³/mol. The van der Waals surface area contributed by atoms with Crippen molar-refractivity contribution in [1.29, 1.82) is 0 Å². The van der Waals surface area contributed by atoms with E-state index in [4.69, 9.17) is 5.73 Å².